The first-order valence-corrected chi connectivity index (χ1v) is 5.45. The van der Waals surface area contributed by atoms with Crippen molar-refractivity contribution in [2.75, 3.05) is 25.1 Å². The van der Waals surface area contributed by atoms with Gasteiger partial charge in [0.15, 0.2) is 0 Å². The van der Waals surface area contributed by atoms with Gasteiger partial charge in [0.2, 0.25) is 0 Å². The lowest BCUT2D eigenvalue weighted by Gasteiger charge is -2.28. The Morgan fingerprint density at radius 1 is 1.47 bits per heavy atom. The highest BCUT2D eigenvalue weighted by Gasteiger charge is 2.22. The van der Waals surface area contributed by atoms with Gasteiger partial charge in [-0.1, -0.05) is 0 Å². The molecule has 1 aromatic rings. The van der Waals surface area contributed by atoms with Crippen LogP contribution in [0.4, 0.5) is 10.5 Å². The Kier molecular flexibility index (Phi) is 3.27. The number of ether oxygens (including phenoxy) is 1. The minimum atomic E-state index is -0.155. The second-order valence-electron chi connectivity index (χ2n) is 3.79. The molecule has 0 aromatic heterocycles. The fourth-order valence-electron chi connectivity index (χ4n) is 1.85. The molecule has 5 nitrogen and oxygen atoms in total. The molecule has 1 fully saturated rings. The van der Waals surface area contributed by atoms with E-state index in [1.165, 1.54) is 0 Å². The van der Waals surface area contributed by atoms with E-state index in [2.05, 4.69) is 5.32 Å². The van der Waals surface area contributed by atoms with Crippen molar-refractivity contribution in [3.63, 3.8) is 0 Å². The number of nitrogens with one attached hydrogen (secondary N) is 1. The molecule has 1 aliphatic rings. The molecule has 1 N–H and O–H groups in total. The maximum absolute atomic E-state index is 11.7. The van der Waals surface area contributed by atoms with Crippen LogP contribution in [0.25, 0.3) is 0 Å². The van der Waals surface area contributed by atoms with Gasteiger partial charge in [-0.3, -0.25) is 9.69 Å². The molecule has 17 heavy (non-hydrogen) atoms. The number of anilines is 1. The Morgan fingerprint density at radius 3 is 2.94 bits per heavy atom. The van der Waals surface area contributed by atoms with Crippen molar-refractivity contribution < 1.29 is 14.3 Å². The highest BCUT2D eigenvalue weighted by molar-refractivity contribution is 5.95. The first-order chi connectivity index (χ1) is 8.26. The van der Waals surface area contributed by atoms with Crippen LogP contribution >= 0.6 is 0 Å². The lowest BCUT2D eigenvalue weighted by Crippen LogP contribution is -2.46. The molecule has 1 aromatic carbocycles. The van der Waals surface area contributed by atoms with Crippen LogP contribution in [0, 0.1) is 0 Å². The number of hydrogen-bond donors (Lipinski definition) is 1. The molecule has 1 heterocycles. The summed E-state index contributed by atoms with van der Waals surface area (Å²) < 4.78 is 5.21. The molecule has 0 bridgehead atoms. The minimum absolute atomic E-state index is 0.155. The van der Waals surface area contributed by atoms with Gasteiger partial charge in [0.05, 0.1) is 12.8 Å². The molecule has 90 valence electrons. The van der Waals surface area contributed by atoms with Gasteiger partial charge < -0.3 is 10.1 Å². The van der Waals surface area contributed by atoms with Crippen molar-refractivity contribution in [1.82, 2.24) is 5.32 Å². The van der Waals surface area contributed by atoms with Crippen LogP contribution in [-0.4, -0.2) is 32.5 Å². The fourth-order valence-corrected chi connectivity index (χ4v) is 1.85. The predicted molar refractivity (Wildman–Crippen MR) is 63.7 cm³/mol. The van der Waals surface area contributed by atoms with Crippen molar-refractivity contribution in [1.29, 1.82) is 0 Å². The number of rotatable bonds is 3. The molecule has 0 spiro atoms. The number of methoxy groups -OCH3 is 1. The minimum Gasteiger partial charge on any atom is -0.495 e. The molecule has 0 atom stereocenters. The van der Waals surface area contributed by atoms with E-state index < -0.39 is 0 Å². The maximum Gasteiger partial charge on any atom is 0.321 e. The van der Waals surface area contributed by atoms with Crippen molar-refractivity contribution in [3.05, 3.63) is 23.8 Å². The van der Waals surface area contributed by atoms with Gasteiger partial charge in [-0.05, 0) is 24.6 Å². The quantitative estimate of drug-likeness (QED) is 0.805. The van der Waals surface area contributed by atoms with E-state index in [9.17, 15) is 9.59 Å². The largest absolute Gasteiger partial charge is 0.495 e. The summed E-state index contributed by atoms with van der Waals surface area (Å²) in [5.74, 6) is 0.590. The summed E-state index contributed by atoms with van der Waals surface area (Å²) in [6, 6.07) is 4.87. The molecule has 2 rings (SSSR count). The van der Waals surface area contributed by atoms with Crippen LogP contribution in [-0.2, 0) is 0 Å². The number of aldehydes is 1. The van der Waals surface area contributed by atoms with Crippen LogP contribution in [0.15, 0.2) is 18.2 Å². The molecule has 0 radical (unpaired) electrons. The number of amides is 2. The average Bonchev–Trinajstić information content (AvgIpc) is 2.38. The molecule has 1 aliphatic heterocycles. The van der Waals surface area contributed by atoms with E-state index >= 15 is 0 Å². The molecular formula is C12H14N2O3. The molecule has 2 amide bonds. The zero-order chi connectivity index (χ0) is 12.3. The van der Waals surface area contributed by atoms with Crippen LogP contribution in [0.5, 0.6) is 5.75 Å². The van der Waals surface area contributed by atoms with Gasteiger partial charge in [0, 0.05) is 18.7 Å². The van der Waals surface area contributed by atoms with Crippen molar-refractivity contribution in [3.8, 4) is 5.75 Å². The second-order valence-corrected chi connectivity index (χ2v) is 3.79. The molecule has 5 heteroatoms. The van der Waals surface area contributed by atoms with Crippen molar-refractivity contribution in [2.24, 2.45) is 0 Å². The van der Waals surface area contributed by atoms with E-state index in [1.807, 2.05) is 0 Å². The fraction of sp³-hybridized carbons (Fsp3) is 0.333. The summed E-state index contributed by atoms with van der Waals surface area (Å²) in [7, 11) is 1.54. The molecular weight excluding hydrogens is 220 g/mol. The third-order valence-electron chi connectivity index (χ3n) is 2.71. The smallest absolute Gasteiger partial charge is 0.321 e. The Morgan fingerprint density at radius 2 is 2.29 bits per heavy atom. The maximum atomic E-state index is 11.7. The highest BCUT2D eigenvalue weighted by Crippen LogP contribution is 2.29. The average molecular weight is 234 g/mol. The Balaban J connectivity index is 2.40. The summed E-state index contributed by atoms with van der Waals surface area (Å²) in [5, 5.41) is 2.76. The summed E-state index contributed by atoms with van der Waals surface area (Å²) in [6.07, 6.45) is 1.63. The van der Waals surface area contributed by atoms with Crippen LogP contribution < -0.4 is 15.0 Å². The van der Waals surface area contributed by atoms with Crippen molar-refractivity contribution >= 4 is 18.0 Å². The second kappa shape index (κ2) is 4.86. The molecule has 0 saturated carbocycles. The number of carbonyl (C=O) groups is 2. The van der Waals surface area contributed by atoms with Crippen LogP contribution in [0.3, 0.4) is 0 Å². The Bertz CT molecular complexity index is 445. The zero-order valence-electron chi connectivity index (χ0n) is 9.60. The summed E-state index contributed by atoms with van der Waals surface area (Å²) >= 11 is 0. The first kappa shape index (κ1) is 11.4. The number of urea groups is 1. The van der Waals surface area contributed by atoms with Gasteiger partial charge >= 0.3 is 6.03 Å². The molecule has 0 aliphatic carbocycles. The molecule has 0 unspecified atom stereocenters. The van der Waals surface area contributed by atoms with E-state index in [0.717, 1.165) is 12.7 Å². The van der Waals surface area contributed by atoms with Crippen LogP contribution in [0.2, 0.25) is 0 Å². The number of hydrogen-bond acceptors (Lipinski definition) is 3. The summed E-state index contributed by atoms with van der Waals surface area (Å²) in [4.78, 5) is 24.1. The van der Waals surface area contributed by atoms with E-state index in [1.54, 1.807) is 30.2 Å². The number of carbonyl (C=O) groups excluding carboxylic acids is 2. The van der Waals surface area contributed by atoms with E-state index in [0.29, 0.717) is 30.1 Å². The normalized spacial score (nSPS) is 15.4. The first-order valence-electron chi connectivity index (χ1n) is 5.45. The van der Waals surface area contributed by atoms with E-state index in [4.69, 9.17) is 4.74 Å². The Labute approximate surface area is 99.4 Å². The lowest BCUT2D eigenvalue weighted by atomic mass is 10.1. The van der Waals surface area contributed by atoms with Gasteiger partial charge in [-0.2, -0.15) is 0 Å². The Hall–Kier alpha value is -2.04. The standard InChI is InChI=1S/C12H14N2O3/c1-17-11-4-3-9(8-15)7-10(11)14-6-2-5-13-12(14)16/h3-4,7-8H,2,5-6H2,1H3,(H,13,16). The SMILES string of the molecule is COc1ccc(C=O)cc1N1CCCNC1=O. The van der Waals surface area contributed by atoms with Gasteiger partial charge in [-0.15, -0.1) is 0 Å². The number of nitrogens with zero attached hydrogens (tertiary/aromatic N) is 1. The van der Waals surface area contributed by atoms with Gasteiger partial charge in [-0.25, -0.2) is 4.79 Å². The van der Waals surface area contributed by atoms with Gasteiger partial charge in [0.25, 0.3) is 0 Å². The predicted octanol–water partition coefficient (Wildman–Crippen LogP) is 1.43. The monoisotopic (exact) mass is 234 g/mol. The van der Waals surface area contributed by atoms with E-state index in [-0.39, 0.29) is 6.03 Å². The summed E-state index contributed by atoms with van der Waals surface area (Å²) in [5.41, 5.74) is 1.16. The molecule has 1 saturated heterocycles. The van der Waals surface area contributed by atoms with Crippen molar-refractivity contribution in [2.45, 2.75) is 6.42 Å². The topological polar surface area (TPSA) is 58.6 Å². The van der Waals surface area contributed by atoms with Gasteiger partial charge in [0.1, 0.15) is 12.0 Å². The summed E-state index contributed by atoms with van der Waals surface area (Å²) in [6.45, 7) is 1.32. The third kappa shape index (κ3) is 2.22. The zero-order valence-corrected chi connectivity index (χ0v) is 9.60. The lowest BCUT2D eigenvalue weighted by molar-refractivity contribution is 0.112. The highest BCUT2D eigenvalue weighted by atomic mass is 16.5. The van der Waals surface area contributed by atoms with Crippen LogP contribution in [0.1, 0.15) is 16.8 Å². The third-order valence-corrected chi connectivity index (χ3v) is 2.71. The number of benzene rings is 1.